The summed E-state index contributed by atoms with van der Waals surface area (Å²) in [6, 6.07) is 12.1. The van der Waals surface area contributed by atoms with Gasteiger partial charge in [-0.3, -0.25) is 0 Å². The largest absolute Gasteiger partial charge is 0.480 e. The standard InChI is InChI=1S/C15H16N8O/c1-9-6-10-4-2-3-5-11(10)7-12(9)24-13-8-18-15(21-23-17)19-14(13)20-22-16/h2-7,13H,8H2,1H3,(H4,16,17,18,19,20,21). The van der Waals surface area contributed by atoms with Crippen molar-refractivity contribution >= 4 is 22.6 Å². The van der Waals surface area contributed by atoms with E-state index in [1.807, 2.05) is 31.2 Å². The number of guanidine groups is 1. The van der Waals surface area contributed by atoms with Crippen molar-refractivity contribution in [3.05, 3.63) is 42.0 Å². The Bertz CT molecular complexity index is 871. The average molecular weight is 324 g/mol. The molecule has 1 atom stereocenters. The number of nitrogens with two attached hydrogens (primary N) is 2. The number of ether oxygens (including phenoxy) is 1. The number of aryl methyl sites for hydroxylation is 1. The van der Waals surface area contributed by atoms with Crippen LogP contribution in [-0.4, -0.2) is 24.4 Å². The number of amidine groups is 1. The van der Waals surface area contributed by atoms with Crippen LogP contribution < -0.4 is 16.4 Å². The van der Waals surface area contributed by atoms with Crippen molar-refractivity contribution in [2.75, 3.05) is 6.54 Å². The van der Waals surface area contributed by atoms with Crippen LogP contribution in [-0.2, 0) is 0 Å². The third-order valence-corrected chi connectivity index (χ3v) is 3.52. The maximum atomic E-state index is 6.04. The van der Waals surface area contributed by atoms with Crippen LogP contribution in [0.25, 0.3) is 10.8 Å². The summed E-state index contributed by atoms with van der Waals surface area (Å²) < 4.78 is 6.04. The highest BCUT2D eigenvalue weighted by Gasteiger charge is 2.24. The van der Waals surface area contributed by atoms with E-state index < -0.39 is 6.10 Å². The van der Waals surface area contributed by atoms with Gasteiger partial charge in [0.1, 0.15) is 5.75 Å². The zero-order valence-corrected chi connectivity index (χ0v) is 13.0. The number of nitrogens with zero attached hydrogens (tertiary/aromatic N) is 6. The Balaban J connectivity index is 1.90. The first kappa shape index (κ1) is 15.5. The monoisotopic (exact) mass is 324 g/mol. The van der Waals surface area contributed by atoms with Gasteiger partial charge in [0.05, 0.1) is 6.54 Å². The van der Waals surface area contributed by atoms with E-state index in [4.69, 9.17) is 16.4 Å². The summed E-state index contributed by atoms with van der Waals surface area (Å²) in [6.07, 6.45) is -0.520. The van der Waals surface area contributed by atoms with E-state index >= 15 is 0 Å². The molecule has 1 aliphatic heterocycles. The van der Waals surface area contributed by atoms with Crippen molar-refractivity contribution in [2.45, 2.75) is 13.0 Å². The van der Waals surface area contributed by atoms with Crippen LogP contribution in [0, 0.1) is 6.92 Å². The van der Waals surface area contributed by atoms with Crippen LogP contribution in [0.4, 0.5) is 0 Å². The molecule has 9 heteroatoms. The van der Waals surface area contributed by atoms with Crippen molar-refractivity contribution in [1.29, 1.82) is 0 Å². The van der Waals surface area contributed by atoms with Gasteiger partial charge in [-0.15, -0.1) is 5.11 Å². The Morgan fingerprint density at radius 2 is 1.79 bits per heavy atom. The molecule has 0 saturated heterocycles. The van der Waals surface area contributed by atoms with Crippen molar-refractivity contribution in [2.24, 2.45) is 42.3 Å². The number of hydrogen-bond acceptors (Lipinski definition) is 7. The fourth-order valence-electron chi connectivity index (χ4n) is 2.41. The second kappa shape index (κ2) is 6.82. The molecule has 0 aliphatic carbocycles. The SMILES string of the molecule is Cc1cc2ccccc2cc1OC1CN=C(N=NN)N=C1N=NN. The Labute approximate surface area is 137 Å². The maximum absolute atomic E-state index is 6.04. The van der Waals surface area contributed by atoms with Gasteiger partial charge >= 0.3 is 0 Å². The second-order valence-corrected chi connectivity index (χ2v) is 5.11. The molecule has 0 aromatic heterocycles. The summed E-state index contributed by atoms with van der Waals surface area (Å²) in [6.45, 7) is 2.24. The van der Waals surface area contributed by atoms with Crippen LogP contribution in [0.5, 0.6) is 5.75 Å². The van der Waals surface area contributed by atoms with Crippen LogP contribution in [0.1, 0.15) is 5.56 Å². The molecule has 0 saturated carbocycles. The van der Waals surface area contributed by atoms with Gasteiger partial charge in [-0.25, -0.2) is 4.99 Å². The molecule has 1 aliphatic rings. The van der Waals surface area contributed by atoms with Crippen molar-refractivity contribution in [3.8, 4) is 5.75 Å². The van der Waals surface area contributed by atoms with Gasteiger partial charge in [-0.2, -0.15) is 4.99 Å². The lowest BCUT2D eigenvalue weighted by molar-refractivity contribution is 0.270. The van der Waals surface area contributed by atoms with Gasteiger partial charge in [0, 0.05) is 0 Å². The number of fused-ring (bicyclic) bond motifs is 1. The first-order valence-electron chi connectivity index (χ1n) is 7.22. The lowest BCUT2D eigenvalue weighted by Crippen LogP contribution is -2.33. The molecule has 3 rings (SSSR count). The third-order valence-electron chi connectivity index (χ3n) is 3.52. The van der Waals surface area contributed by atoms with E-state index in [1.165, 1.54) is 0 Å². The molecular weight excluding hydrogens is 308 g/mol. The van der Waals surface area contributed by atoms with Crippen molar-refractivity contribution < 1.29 is 4.74 Å². The van der Waals surface area contributed by atoms with E-state index in [0.717, 1.165) is 22.1 Å². The molecule has 24 heavy (non-hydrogen) atoms. The van der Waals surface area contributed by atoms with Crippen LogP contribution >= 0.6 is 0 Å². The van der Waals surface area contributed by atoms with Gasteiger partial charge in [0.2, 0.25) is 0 Å². The molecule has 0 spiro atoms. The third kappa shape index (κ3) is 3.19. The van der Waals surface area contributed by atoms with Gasteiger partial charge < -0.3 is 16.4 Å². The minimum Gasteiger partial charge on any atom is -0.480 e. The molecule has 4 N–H and O–H groups in total. The smallest absolute Gasteiger partial charge is 0.268 e. The molecule has 9 nitrogen and oxygen atoms in total. The Kier molecular flexibility index (Phi) is 4.41. The minimum atomic E-state index is -0.520. The molecule has 1 unspecified atom stereocenters. The molecule has 122 valence electrons. The second-order valence-electron chi connectivity index (χ2n) is 5.11. The predicted octanol–water partition coefficient (Wildman–Crippen LogP) is 2.32. The highest BCUT2D eigenvalue weighted by molar-refractivity contribution is 6.00. The summed E-state index contributed by atoms with van der Waals surface area (Å²) in [5, 5.41) is 16.0. The van der Waals surface area contributed by atoms with E-state index in [1.54, 1.807) is 0 Å². The first-order chi connectivity index (χ1) is 11.7. The lowest BCUT2D eigenvalue weighted by atomic mass is 10.1. The topological polar surface area (TPSA) is 135 Å². The van der Waals surface area contributed by atoms with Crippen molar-refractivity contribution in [3.63, 3.8) is 0 Å². The van der Waals surface area contributed by atoms with Gasteiger partial charge in [0.15, 0.2) is 11.9 Å². The van der Waals surface area contributed by atoms with E-state index in [0.29, 0.717) is 0 Å². The highest BCUT2D eigenvalue weighted by atomic mass is 16.5. The Morgan fingerprint density at radius 1 is 1.08 bits per heavy atom. The van der Waals surface area contributed by atoms with Crippen LogP contribution in [0.3, 0.4) is 0 Å². The first-order valence-corrected chi connectivity index (χ1v) is 7.22. The molecule has 1 heterocycles. The summed E-state index contributed by atoms with van der Waals surface area (Å²) in [5.41, 5.74) is 0.995. The van der Waals surface area contributed by atoms with Crippen molar-refractivity contribution in [1.82, 2.24) is 0 Å². The normalized spacial score (nSPS) is 18.1. The highest BCUT2D eigenvalue weighted by Crippen LogP contribution is 2.27. The summed E-state index contributed by atoms with van der Waals surface area (Å²) in [5.74, 6) is 11.2. The maximum Gasteiger partial charge on any atom is 0.268 e. The number of hydrogen-bond donors (Lipinski definition) is 2. The van der Waals surface area contributed by atoms with Crippen LogP contribution in [0.15, 0.2) is 67.1 Å². The lowest BCUT2D eigenvalue weighted by Gasteiger charge is -2.20. The quantitative estimate of drug-likeness (QED) is 0.498. The molecule has 2 aromatic rings. The average Bonchev–Trinajstić information content (AvgIpc) is 2.58. The van der Waals surface area contributed by atoms with Gasteiger partial charge in [-0.1, -0.05) is 39.8 Å². The number of benzene rings is 2. The Morgan fingerprint density at radius 3 is 2.50 bits per heavy atom. The molecule has 0 amide bonds. The van der Waals surface area contributed by atoms with Crippen LogP contribution in [0.2, 0.25) is 0 Å². The zero-order chi connectivity index (χ0) is 16.9. The van der Waals surface area contributed by atoms with Gasteiger partial charge in [0.25, 0.3) is 5.96 Å². The molecule has 0 bridgehead atoms. The summed E-state index contributed by atoms with van der Waals surface area (Å²) >= 11 is 0. The summed E-state index contributed by atoms with van der Waals surface area (Å²) in [7, 11) is 0. The zero-order valence-electron chi connectivity index (χ0n) is 13.0. The molecular formula is C15H16N8O. The number of aliphatic imine (C=N–C) groups is 2. The fourth-order valence-corrected chi connectivity index (χ4v) is 2.41. The minimum absolute atomic E-state index is 0.106. The van der Waals surface area contributed by atoms with E-state index in [2.05, 4.69) is 42.8 Å². The van der Waals surface area contributed by atoms with E-state index in [-0.39, 0.29) is 18.3 Å². The van der Waals surface area contributed by atoms with Gasteiger partial charge in [-0.05, 0) is 35.4 Å². The molecule has 2 aromatic carbocycles. The molecule has 0 radical (unpaired) electrons. The number of rotatable bonds is 2. The predicted molar refractivity (Wildman–Crippen MR) is 90.9 cm³/mol. The molecule has 0 fully saturated rings. The Hall–Kier alpha value is -3.36. The summed E-state index contributed by atoms with van der Waals surface area (Å²) in [4.78, 5) is 8.23. The van der Waals surface area contributed by atoms with E-state index in [9.17, 15) is 0 Å². The fraction of sp³-hybridized carbons (Fsp3) is 0.200.